The summed E-state index contributed by atoms with van der Waals surface area (Å²) in [7, 11) is -0.454. The van der Waals surface area contributed by atoms with Gasteiger partial charge in [-0.25, -0.2) is 0 Å². The summed E-state index contributed by atoms with van der Waals surface area (Å²) < 4.78 is 16.4. The summed E-state index contributed by atoms with van der Waals surface area (Å²) in [5.74, 6) is 0. The highest BCUT2D eigenvalue weighted by molar-refractivity contribution is 6.36. The molecule has 0 spiro atoms. The predicted octanol–water partition coefficient (Wildman–Crippen LogP) is 0.516. The number of fused-ring (bicyclic) bond motifs is 6. The van der Waals surface area contributed by atoms with Gasteiger partial charge in [-0.3, -0.25) is 4.90 Å². The lowest BCUT2D eigenvalue weighted by atomic mass is 10.1. The maximum absolute atomic E-state index is 5.48. The van der Waals surface area contributed by atoms with Crippen molar-refractivity contribution in [2.45, 2.75) is 38.9 Å². The van der Waals surface area contributed by atoms with Crippen molar-refractivity contribution >= 4 is 7.32 Å². The Labute approximate surface area is 85.7 Å². The molecular formula is C9H18BNO3. The van der Waals surface area contributed by atoms with E-state index in [2.05, 4.69) is 25.7 Å². The molecular weight excluding hydrogens is 181 g/mol. The fourth-order valence-electron chi connectivity index (χ4n) is 2.36. The molecule has 4 nitrogen and oxygen atoms in total. The van der Waals surface area contributed by atoms with Crippen LogP contribution in [0.25, 0.3) is 0 Å². The van der Waals surface area contributed by atoms with Crippen LogP contribution in [0.3, 0.4) is 0 Å². The molecule has 14 heavy (non-hydrogen) atoms. The van der Waals surface area contributed by atoms with Crippen LogP contribution in [0.1, 0.15) is 20.8 Å². The van der Waals surface area contributed by atoms with E-state index in [1.165, 1.54) is 0 Å². The van der Waals surface area contributed by atoms with Gasteiger partial charge in [0.25, 0.3) is 0 Å². The van der Waals surface area contributed by atoms with Crippen LogP contribution >= 0.6 is 0 Å². The van der Waals surface area contributed by atoms with Gasteiger partial charge >= 0.3 is 7.32 Å². The summed E-state index contributed by atoms with van der Waals surface area (Å²) in [5, 5.41) is 0. The van der Waals surface area contributed by atoms with Crippen molar-refractivity contribution in [3.63, 3.8) is 0 Å². The van der Waals surface area contributed by atoms with E-state index in [-0.39, 0.29) is 0 Å². The van der Waals surface area contributed by atoms with Crippen LogP contribution in [-0.4, -0.2) is 50.2 Å². The molecule has 0 aromatic carbocycles. The third-order valence-electron chi connectivity index (χ3n) is 2.95. The van der Waals surface area contributed by atoms with E-state index in [0.717, 1.165) is 0 Å². The van der Waals surface area contributed by atoms with Gasteiger partial charge in [-0.1, -0.05) is 0 Å². The van der Waals surface area contributed by atoms with Crippen molar-refractivity contribution in [1.82, 2.24) is 4.90 Å². The van der Waals surface area contributed by atoms with E-state index in [4.69, 9.17) is 14.0 Å². The van der Waals surface area contributed by atoms with Crippen molar-refractivity contribution in [1.29, 1.82) is 0 Å². The zero-order chi connectivity index (χ0) is 10.1. The quantitative estimate of drug-likeness (QED) is 0.532. The lowest BCUT2D eigenvalue weighted by Crippen LogP contribution is -2.57. The van der Waals surface area contributed by atoms with Gasteiger partial charge in [0.1, 0.15) is 0 Å². The lowest BCUT2D eigenvalue weighted by Gasteiger charge is -2.43. The molecule has 0 aromatic heterocycles. The second kappa shape index (κ2) is 4.19. The number of nitrogens with zero attached hydrogens (tertiary/aromatic N) is 1. The van der Waals surface area contributed by atoms with E-state index >= 15 is 0 Å². The highest BCUT2D eigenvalue weighted by atomic mass is 16.7. The van der Waals surface area contributed by atoms with Gasteiger partial charge in [0, 0.05) is 37.9 Å². The van der Waals surface area contributed by atoms with Gasteiger partial charge in [0.15, 0.2) is 0 Å². The zero-order valence-corrected chi connectivity index (χ0v) is 9.10. The molecule has 0 aromatic rings. The maximum atomic E-state index is 5.48. The summed E-state index contributed by atoms with van der Waals surface area (Å²) in [6, 6.07) is 1.32. The standard InChI is InChI=1S/C9H18BNO3/c1-7-4-12-10-13-5-8(2)11(7)9(3)6-14-10/h7-9H,4-6H2,1-3H3. The minimum absolute atomic E-state index is 0.440. The number of rotatable bonds is 0. The molecule has 0 amide bonds. The highest BCUT2D eigenvalue weighted by Gasteiger charge is 2.36. The first kappa shape index (κ1) is 10.4. The molecule has 2 bridgehead atoms. The van der Waals surface area contributed by atoms with Crippen molar-refractivity contribution in [3.05, 3.63) is 0 Å². The molecule has 3 aliphatic heterocycles. The van der Waals surface area contributed by atoms with E-state index < -0.39 is 7.32 Å². The van der Waals surface area contributed by atoms with Crippen molar-refractivity contribution in [3.8, 4) is 0 Å². The first-order valence-electron chi connectivity index (χ1n) is 5.30. The molecule has 80 valence electrons. The molecule has 3 saturated heterocycles. The Morgan fingerprint density at radius 3 is 1.57 bits per heavy atom. The second-order valence-corrected chi connectivity index (χ2v) is 4.28. The Hall–Kier alpha value is -0.0951. The summed E-state index contributed by atoms with van der Waals surface area (Å²) in [6.07, 6.45) is 0. The first-order chi connectivity index (χ1) is 6.68. The Bertz CT molecular complexity index is 171. The van der Waals surface area contributed by atoms with Crippen LogP contribution in [0.4, 0.5) is 0 Å². The van der Waals surface area contributed by atoms with Crippen LogP contribution in [0.2, 0.25) is 0 Å². The highest BCUT2D eigenvalue weighted by Crippen LogP contribution is 2.19. The summed E-state index contributed by atoms with van der Waals surface area (Å²) in [4.78, 5) is 2.41. The summed E-state index contributed by atoms with van der Waals surface area (Å²) in [5.41, 5.74) is 0. The van der Waals surface area contributed by atoms with Crippen LogP contribution in [-0.2, 0) is 14.0 Å². The largest absolute Gasteiger partial charge is 0.639 e. The van der Waals surface area contributed by atoms with Gasteiger partial charge in [0.2, 0.25) is 0 Å². The Balaban J connectivity index is 2.17. The van der Waals surface area contributed by atoms with Crippen LogP contribution in [0.15, 0.2) is 0 Å². The average molecular weight is 199 g/mol. The summed E-state index contributed by atoms with van der Waals surface area (Å²) in [6.45, 7) is 8.63. The van der Waals surface area contributed by atoms with Crippen LogP contribution in [0, 0.1) is 0 Å². The third kappa shape index (κ3) is 1.96. The molecule has 3 atom stereocenters. The monoisotopic (exact) mass is 199 g/mol. The van der Waals surface area contributed by atoms with Gasteiger partial charge in [-0.15, -0.1) is 0 Å². The smallest absolute Gasteiger partial charge is 0.384 e. The van der Waals surface area contributed by atoms with E-state index in [0.29, 0.717) is 37.9 Å². The van der Waals surface area contributed by atoms with E-state index in [1.54, 1.807) is 0 Å². The second-order valence-electron chi connectivity index (χ2n) is 4.28. The zero-order valence-electron chi connectivity index (χ0n) is 9.10. The Morgan fingerprint density at radius 1 is 0.857 bits per heavy atom. The first-order valence-corrected chi connectivity index (χ1v) is 5.30. The molecule has 0 N–H and O–H groups in total. The van der Waals surface area contributed by atoms with Gasteiger partial charge in [-0.2, -0.15) is 0 Å². The Kier molecular flexibility index (Phi) is 3.12. The molecule has 3 heterocycles. The minimum Gasteiger partial charge on any atom is -0.384 e. The number of hydrogen-bond acceptors (Lipinski definition) is 4. The Morgan fingerprint density at radius 2 is 1.21 bits per heavy atom. The molecule has 0 aliphatic carbocycles. The topological polar surface area (TPSA) is 30.9 Å². The molecule has 3 fully saturated rings. The fourth-order valence-corrected chi connectivity index (χ4v) is 2.36. The van der Waals surface area contributed by atoms with E-state index in [9.17, 15) is 0 Å². The third-order valence-corrected chi connectivity index (χ3v) is 2.95. The van der Waals surface area contributed by atoms with Crippen molar-refractivity contribution in [2.75, 3.05) is 19.8 Å². The molecule has 3 aliphatic rings. The SMILES string of the molecule is CC1COB2OCC(C)N1C(C)CO2. The summed E-state index contributed by atoms with van der Waals surface area (Å²) >= 11 is 0. The average Bonchev–Trinajstić information content (AvgIpc) is 2.11. The van der Waals surface area contributed by atoms with Crippen molar-refractivity contribution in [2.24, 2.45) is 0 Å². The number of hydrogen-bond donors (Lipinski definition) is 0. The van der Waals surface area contributed by atoms with Crippen molar-refractivity contribution < 1.29 is 14.0 Å². The van der Waals surface area contributed by atoms with Crippen LogP contribution < -0.4 is 0 Å². The fraction of sp³-hybridized carbons (Fsp3) is 1.00. The normalized spacial score (nSPS) is 44.4. The maximum Gasteiger partial charge on any atom is 0.639 e. The van der Waals surface area contributed by atoms with Gasteiger partial charge in [0.05, 0.1) is 0 Å². The molecule has 3 rings (SSSR count). The predicted molar refractivity (Wildman–Crippen MR) is 53.8 cm³/mol. The molecule has 5 heteroatoms. The molecule has 0 radical (unpaired) electrons. The van der Waals surface area contributed by atoms with Gasteiger partial charge < -0.3 is 14.0 Å². The van der Waals surface area contributed by atoms with Gasteiger partial charge in [-0.05, 0) is 20.8 Å². The van der Waals surface area contributed by atoms with Crippen LogP contribution in [0.5, 0.6) is 0 Å². The lowest BCUT2D eigenvalue weighted by molar-refractivity contribution is -0.0580. The van der Waals surface area contributed by atoms with E-state index in [1.807, 2.05) is 0 Å². The molecule has 3 unspecified atom stereocenters. The minimum atomic E-state index is -0.454. The molecule has 0 saturated carbocycles.